The van der Waals surface area contributed by atoms with Gasteiger partial charge in [0, 0.05) is 23.9 Å². The number of Topliss-reactive ketones (excluding diaryl/α,β-unsaturated/α-hetero) is 1. The van der Waals surface area contributed by atoms with Gasteiger partial charge in [-0.1, -0.05) is 78.9 Å². The van der Waals surface area contributed by atoms with E-state index >= 15 is 0 Å². The van der Waals surface area contributed by atoms with E-state index in [4.69, 9.17) is 15.5 Å². The molecule has 2 aliphatic rings. The predicted octanol–water partition coefficient (Wildman–Crippen LogP) is 4.60. The summed E-state index contributed by atoms with van der Waals surface area (Å²) >= 11 is 0. The van der Waals surface area contributed by atoms with Crippen molar-refractivity contribution < 1.29 is 14.3 Å². The van der Waals surface area contributed by atoms with Crippen LogP contribution in [0.4, 0.5) is 17.5 Å². The molecule has 1 aliphatic heterocycles. The molecule has 224 valence electrons. The molecular weight excluding hydrogens is 576 g/mol. The van der Waals surface area contributed by atoms with E-state index in [-0.39, 0.29) is 30.0 Å². The van der Waals surface area contributed by atoms with Crippen LogP contribution < -0.4 is 25.6 Å². The van der Waals surface area contributed by atoms with Crippen molar-refractivity contribution in [2.45, 2.75) is 25.0 Å². The number of anilines is 3. The molecule has 2 atom stereocenters. The standard InChI is InChI=1S/C34H32N6O3.ClH/c1-43-27-17-15-24(16-18-27)28-13-8-14-30(31(28)41)39-22-36-20-25-21-37-34(38-32(25)39)40(26-11-6-3-7-12-26)33(42)29(35)19-23-9-4-2-5-10-23;/h2-18,21,29-30,36H,19-20,22,35H2,1H3;1H/t29-,30?;/m0./s1. The number of carbonyl (C=O) groups excluding carboxylic acids is 2. The van der Waals surface area contributed by atoms with Gasteiger partial charge in [-0.3, -0.25) is 14.9 Å². The number of benzene rings is 3. The van der Waals surface area contributed by atoms with Crippen LogP contribution in [0.3, 0.4) is 0 Å². The minimum Gasteiger partial charge on any atom is -0.497 e. The van der Waals surface area contributed by atoms with Crippen molar-refractivity contribution >= 4 is 47.1 Å². The summed E-state index contributed by atoms with van der Waals surface area (Å²) in [6.45, 7) is 0.928. The van der Waals surface area contributed by atoms with Gasteiger partial charge in [-0.15, -0.1) is 12.4 Å². The fraction of sp³-hybridized carbons (Fsp3) is 0.176. The zero-order valence-corrected chi connectivity index (χ0v) is 25.0. The SMILES string of the molecule is COc1ccc(C2=CC=CC(N3CNCc4cnc(N(C(=O)[C@@H](N)Cc5ccccc5)c5ccccc5)nc43)C2=O)cc1.Cl. The number of amides is 1. The van der Waals surface area contributed by atoms with E-state index in [1.54, 1.807) is 13.3 Å². The summed E-state index contributed by atoms with van der Waals surface area (Å²) in [5.74, 6) is 1.13. The second-order valence-corrected chi connectivity index (χ2v) is 10.4. The zero-order valence-electron chi connectivity index (χ0n) is 24.2. The first-order valence-corrected chi connectivity index (χ1v) is 14.1. The molecule has 0 fully saturated rings. The van der Waals surface area contributed by atoms with Gasteiger partial charge in [0.15, 0.2) is 5.78 Å². The van der Waals surface area contributed by atoms with Gasteiger partial charge in [0.1, 0.15) is 17.6 Å². The second-order valence-electron chi connectivity index (χ2n) is 10.4. The summed E-state index contributed by atoms with van der Waals surface area (Å²) in [6.07, 6.45) is 7.66. The normalized spacial score (nSPS) is 16.3. The van der Waals surface area contributed by atoms with E-state index in [2.05, 4.69) is 10.3 Å². The van der Waals surface area contributed by atoms with Gasteiger partial charge in [0.05, 0.1) is 25.5 Å². The number of nitrogens with two attached hydrogens (primary N) is 1. The van der Waals surface area contributed by atoms with Crippen LogP contribution in [-0.4, -0.2) is 47.5 Å². The van der Waals surface area contributed by atoms with E-state index in [1.807, 2.05) is 108 Å². The molecule has 3 aromatic carbocycles. The fourth-order valence-corrected chi connectivity index (χ4v) is 5.37. The van der Waals surface area contributed by atoms with Crippen LogP contribution in [0.1, 0.15) is 16.7 Å². The van der Waals surface area contributed by atoms with E-state index < -0.39 is 12.1 Å². The molecular formula is C34H33ClN6O3. The number of allylic oxidation sites excluding steroid dienone is 2. The molecule has 1 aromatic heterocycles. The number of carbonyl (C=O) groups is 2. The third-order valence-corrected chi connectivity index (χ3v) is 7.58. The topological polar surface area (TPSA) is 114 Å². The molecule has 9 nitrogen and oxygen atoms in total. The van der Waals surface area contributed by atoms with Crippen molar-refractivity contribution in [1.82, 2.24) is 15.3 Å². The van der Waals surface area contributed by atoms with Crippen molar-refractivity contribution in [2.75, 3.05) is 23.6 Å². The van der Waals surface area contributed by atoms with E-state index in [1.165, 1.54) is 4.90 Å². The molecule has 44 heavy (non-hydrogen) atoms. The Morgan fingerprint density at radius 3 is 2.48 bits per heavy atom. The van der Waals surface area contributed by atoms with E-state index in [0.29, 0.717) is 36.7 Å². The first-order valence-electron chi connectivity index (χ1n) is 14.1. The molecule has 0 saturated heterocycles. The van der Waals surface area contributed by atoms with Crippen LogP contribution in [0.25, 0.3) is 5.57 Å². The maximum Gasteiger partial charge on any atom is 0.251 e. The Morgan fingerprint density at radius 1 is 1.07 bits per heavy atom. The molecule has 0 bridgehead atoms. The lowest BCUT2D eigenvalue weighted by molar-refractivity contribution is -0.119. The minimum absolute atomic E-state index is 0. The zero-order chi connectivity index (χ0) is 29.8. The summed E-state index contributed by atoms with van der Waals surface area (Å²) < 4.78 is 5.28. The average molecular weight is 609 g/mol. The number of para-hydroxylation sites is 1. The maximum atomic E-state index is 13.9. The number of ketones is 1. The van der Waals surface area contributed by atoms with Gasteiger partial charge >= 0.3 is 0 Å². The highest BCUT2D eigenvalue weighted by Crippen LogP contribution is 2.32. The van der Waals surface area contributed by atoms with Gasteiger partial charge in [-0.2, -0.15) is 4.98 Å². The number of aromatic nitrogens is 2. The summed E-state index contributed by atoms with van der Waals surface area (Å²) in [5, 5.41) is 3.35. The molecule has 1 amide bonds. The molecule has 4 aromatic rings. The lowest BCUT2D eigenvalue weighted by Crippen LogP contribution is -2.50. The highest BCUT2D eigenvalue weighted by Gasteiger charge is 2.34. The van der Waals surface area contributed by atoms with Crippen molar-refractivity contribution in [3.05, 3.63) is 126 Å². The smallest absolute Gasteiger partial charge is 0.251 e. The monoisotopic (exact) mass is 608 g/mol. The number of ether oxygens (including phenoxy) is 1. The van der Waals surface area contributed by atoms with Crippen LogP contribution in [0.2, 0.25) is 0 Å². The molecule has 2 heterocycles. The van der Waals surface area contributed by atoms with Crippen LogP contribution in [0.5, 0.6) is 5.75 Å². The predicted molar refractivity (Wildman–Crippen MR) is 174 cm³/mol. The quantitative estimate of drug-likeness (QED) is 0.298. The van der Waals surface area contributed by atoms with Crippen LogP contribution >= 0.6 is 12.4 Å². The largest absolute Gasteiger partial charge is 0.497 e. The first-order chi connectivity index (χ1) is 21.0. The molecule has 1 aliphatic carbocycles. The molecule has 10 heteroatoms. The molecule has 6 rings (SSSR count). The van der Waals surface area contributed by atoms with Crippen LogP contribution in [0, 0.1) is 0 Å². The summed E-state index contributed by atoms with van der Waals surface area (Å²) in [5.41, 5.74) is 10.3. The number of halogens is 1. The lowest BCUT2D eigenvalue weighted by atomic mass is 9.92. The minimum atomic E-state index is -0.819. The van der Waals surface area contributed by atoms with Crippen molar-refractivity contribution in [3.63, 3.8) is 0 Å². The number of nitrogens with one attached hydrogen (secondary N) is 1. The third-order valence-electron chi connectivity index (χ3n) is 7.58. The number of rotatable bonds is 8. The lowest BCUT2D eigenvalue weighted by Gasteiger charge is -2.36. The Hall–Kier alpha value is -4.83. The summed E-state index contributed by atoms with van der Waals surface area (Å²) in [4.78, 5) is 40.7. The van der Waals surface area contributed by atoms with Gasteiger partial charge in [-0.05, 0) is 41.8 Å². The first kappa shape index (κ1) is 30.6. The number of nitrogens with zero attached hydrogens (tertiary/aromatic N) is 4. The van der Waals surface area contributed by atoms with Crippen molar-refractivity contribution in [3.8, 4) is 5.75 Å². The third kappa shape index (κ3) is 6.26. The number of fused-ring (bicyclic) bond motifs is 1. The highest BCUT2D eigenvalue weighted by molar-refractivity contribution is 6.26. The van der Waals surface area contributed by atoms with Gasteiger partial charge in [-0.25, -0.2) is 9.88 Å². The molecule has 0 spiro atoms. The average Bonchev–Trinajstić information content (AvgIpc) is 3.06. The summed E-state index contributed by atoms with van der Waals surface area (Å²) in [6, 6.07) is 24.9. The van der Waals surface area contributed by atoms with Crippen molar-refractivity contribution in [2.24, 2.45) is 5.73 Å². The van der Waals surface area contributed by atoms with Crippen LogP contribution in [-0.2, 0) is 22.6 Å². The Labute approximate surface area is 262 Å². The number of hydrogen-bond acceptors (Lipinski definition) is 8. The van der Waals surface area contributed by atoms with Gasteiger partial charge in [0.2, 0.25) is 5.95 Å². The Morgan fingerprint density at radius 2 is 1.77 bits per heavy atom. The van der Waals surface area contributed by atoms with Gasteiger partial charge in [0.25, 0.3) is 5.91 Å². The summed E-state index contributed by atoms with van der Waals surface area (Å²) in [7, 11) is 1.61. The van der Waals surface area contributed by atoms with E-state index in [9.17, 15) is 9.59 Å². The van der Waals surface area contributed by atoms with E-state index in [0.717, 1.165) is 22.4 Å². The maximum absolute atomic E-state index is 13.9. The highest BCUT2D eigenvalue weighted by atomic mass is 35.5. The fourth-order valence-electron chi connectivity index (χ4n) is 5.37. The molecule has 1 unspecified atom stereocenters. The second kappa shape index (κ2) is 13.6. The molecule has 3 N–H and O–H groups in total. The van der Waals surface area contributed by atoms with Gasteiger partial charge < -0.3 is 15.4 Å². The Kier molecular flexibility index (Phi) is 9.50. The van der Waals surface area contributed by atoms with Crippen molar-refractivity contribution in [1.29, 1.82) is 0 Å². The Bertz CT molecular complexity index is 1680. The number of methoxy groups -OCH3 is 1. The number of hydrogen-bond donors (Lipinski definition) is 2. The van der Waals surface area contributed by atoms with Crippen LogP contribution in [0.15, 0.2) is 109 Å². The molecule has 0 radical (unpaired) electrons. The molecule has 0 saturated carbocycles. The Balaban J connectivity index is 0.00000384.